The van der Waals surface area contributed by atoms with Crippen LogP contribution in [0.1, 0.15) is 5.56 Å². The monoisotopic (exact) mass is 217 g/mol. The van der Waals surface area contributed by atoms with Gasteiger partial charge in [0, 0.05) is 11.5 Å². The van der Waals surface area contributed by atoms with Gasteiger partial charge in [-0.2, -0.15) is 4.99 Å². The number of benzene rings is 1. The molecule has 3 nitrogen and oxygen atoms in total. The van der Waals surface area contributed by atoms with E-state index in [1.807, 2.05) is 0 Å². The Hall–Kier alpha value is -1.95. The number of methoxy groups -OCH3 is 1. The molecular weight excluding hydrogens is 210 g/mol. The van der Waals surface area contributed by atoms with Crippen LogP contribution in [0.4, 0.5) is 5.69 Å². The first-order valence-electron chi connectivity index (χ1n) is 4.04. The summed E-state index contributed by atoms with van der Waals surface area (Å²) in [5.74, 6) is 4.41. The summed E-state index contributed by atoms with van der Waals surface area (Å²) in [7, 11) is 1.29. The molecule has 0 aliphatic rings. The van der Waals surface area contributed by atoms with E-state index in [4.69, 9.17) is 0 Å². The van der Waals surface area contributed by atoms with Gasteiger partial charge in [-0.15, -0.1) is 0 Å². The number of nitrogens with zero attached hydrogens (tertiary/aromatic N) is 1. The molecule has 74 valence electrons. The highest BCUT2D eigenvalue weighted by Crippen LogP contribution is 2.11. The lowest BCUT2D eigenvalue weighted by Gasteiger charge is -1.91. The first-order valence-corrected chi connectivity index (χ1v) is 4.45. The van der Waals surface area contributed by atoms with Gasteiger partial charge < -0.3 is 4.74 Å². The molecule has 0 radical (unpaired) electrons. The Morgan fingerprint density at radius 3 is 2.60 bits per heavy atom. The summed E-state index contributed by atoms with van der Waals surface area (Å²) < 4.78 is 4.38. The number of rotatable bonds is 1. The predicted octanol–water partition coefficient (Wildman–Crippen LogP) is 1.95. The maximum Gasteiger partial charge on any atom is 0.384 e. The number of hydrogen-bond acceptors (Lipinski definition) is 4. The quantitative estimate of drug-likeness (QED) is 0.312. The summed E-state index contributed by atoms with van der Waals surface area (Å²) in [6.45, 7) is 0. The second-order valence-electron chi connectivity index (χ2n) is 2.49. The summed E-state index contributed by atoms with van der Waals surface area (Å²) in [5, 5.41) is 2.26. The van der Waals surface area contributed by atoms with E-state index in [-0.39, 0.29) is 0 Å². The van der Waals surface area contributed by atoms with Crippen LogP contribution in [0.2, 0.25) is 0 Å². The van der Waals surface area contributed by atoms with Gasteiger partial charge in [-0.25, -0.2) is 4.79 Å². The predicted molar refractivity (Wildman–Crippen MR) is 60.0 cm³/mol. The van der Waals surface area contributed by atoms with Crippen molar-refractivity contribution in [3.05, 3.63) is 29.8 Å². The van der Waals surface area contributed by atoms with Crippen LogP contribution in [-0.4, -0.2) is 18.2 Å². The van der Waals surface area contributed by atoms with Crippen molar-refractivity contribution in [3.8, 4) is 11.8 Å². The molecule has 4 heteroatoms. The van der Waals surface area contributed by atoms with E-state index in [0.717, 1.165) is 0 Å². The number of ether oxygens (including phenoxy) is 1. The Kier molecular flexibility index (Phi) is 4.24. The van der Waals surface area contributed by atoms with Gasteiger partial charge in [-0.1, -0.05) is 5.92 Å². The molecule has 0 spiro atoms. The van der Waals surface area contributed by atoms with E-state index in [2.05, 4.69) is 38.9 Å². The molecule has 0 unspecified atom stereocenters. The third-order valence-corrected chi connectivity index (χ3v) is 1.63. The van der Waals surface area contributed by atoms with Gasteiger partial charge >= 0.3 is 5.97 Å². The molecule has 0 aliphatic carbocycles. The third kappa shape index (κ3) is 3.74. The molecule has 15 heavy (non-hydrogen) atoms. The molecule has 0 saturated heterocycles. The molecule has 0 bridgehead atoms. The molecule has 0 atom stereocenters. The lowest BCUT2D eigenvalue weighted by atomic mass is 10.2. The highest BCUT2D eigenvalue weighted by Gasteiger charge is 1.91. The summed E-state index contributed by atoms with van der Waals surface area (Å²) in [4.78, 5) is 14.5. The van der Waals surface area contributed by atoms with E-state index in [1.165, 1.54) is 7.11 Å². The molecule has 0 aliphatic heterocycles. The van der Waals surface area contributed by atoms with Crippen molar-refractivity contribution in [1.82, 2.24) is 0 Å². The van der Waals surface area contributed by atoms with E-state index < -0.39 is 5.97 Å². The highest BCUT2D eigenvalue weighted by molar-refractivity contribution is 7.78. The van der Waals surface area contributed by atoms with Gasteiger partial charge in [0.2, 0.25) is 0 Å². The number of carbonyl (C=O) groups excluding carboxylic acids is 1. The van der Waals surface area contributed by atoms with E-state index in [9.17, 15) is 4.79 Å². The van der Waals surface area contributed by atoms with Crippen molar-refractivity contribution in [2.45, 2.75) is 0 Å². The third-order valence-electron chi connectivity index (χ3n) is 1.54. The lowest BCUT2D eigenvalue weighted by molar-refractivity contribution is -0.133. The molecular formula is C11H7NO2S. The van der Waals surface area contributed by atoms with Gasteiger partial charge in [0.1, 0.15) is 0 Å². The Morgan fingerprint density at radius 2 is 2.07 bits per heavy atom. The van der Waals surface area contributed by atoms with Crippen molar-refractivity contribution in [2.75, 3.05) is 7.11 Å². The van der Waals surface area contributed by atoms with Gasteiger partial charge in [-0.05, 0) is 36.5 Å². The molecule has 0 amide bonds. The Bertz CT molecular complexity index is 462. The SMILES string of the molecule is COC(=O)C#Cc1ccc(N=C=S)cc1. The molecule has 0 aromatic heterocycles. The zero-order valence-electron chi connectivity index (χ0n) is 7.98. The van der Waals surface area contributed by atoms with Gasteiger partial charge in [0.15, 0.2) is 0 Å². The molecule has 1 aromatic rings. The summed E-state index contributed by atoms with van der Waals surface area (Å²) in [6.07, 6.45) is 0. The first kappa shape index (κ1) is 11.1. The minimum Gasteiger partial charge on any atom is -0.459 e. The maximum absolute atomic E-state index is 10.7. The second-order valence-corrected chi connectivity index (χ2v) is 2.67. The fraction of sp³-hybridized carbons (Fsp3) is 0.0909. The minimum atomic E-state index is -0.559. The Balaban J connectivity index is 2.83. The normalized spacial score (nSPS) is 8.07. The van der Waals surface area contributed by atoms with Crippen molar-refractivity contribution >= 4 is 29.0 Å². The van der Waals surface area contributed by atoms with Gasteiger partial charge in [-0.3, -0.25) is 0 Å². The molecule has 0 N–H and O–H groups in total. The second kappa shape index (κ2) is 5.71. The zero-order chi connectivity index (χ0) is 11.1. The molecule has 1 rings (SSSR count). The number of hydrogen-bond donors (Lipinski definition) is 0. The number of isothiocyanates is 1. The van der Waals surface area contributed by atoms with Crippen LogP contribution in [0, 0.1) is 11.8 Å². The zero-order valence-corrected chi connectivity index (χ0v) is 8.80. The summed E-state index contributed by atoms with van der Waals surface area (Å²) in [5.41, 5.74) is 1.41. The van der Waals surface area contributed by atoms with Crippen molar-refractivity contribution in [1.29, 1.82) is 0 Å². The first-order chi connectivity index (χ1) is 7.26. The standard InChI is InChI=1S/C11H7NO2S/c1-14-11(13)7-4-9-2-5-10(6-3-9)12-8-15/h2-3,5-6H,1H3. The van der Waals surface area contributed by atoms with Crippen LogP contribution in [0.15, 0.2) is 29.3 Å². The van der Waals surface area contributed by atoms with Crippen LogP contribution in [0.3, 0.4) is 0 Å². The molecule has 1 aromatic carbocycles. The number of thiocarbonyl (C=S) groups is 1. The minimum absolute atomic E-state index is 0.559. The average Bonchev–Trinajstić information content (AvgIpc) is 2.28. The number of esters is 1. The summed E-state index contributed by atoms with van der Waals surface area (Å²) in [6, 6.07) is 6.95. The maximum atomic E-state index is 10.7. The average molecular weight is 217 g/mol. The van der Waals surface area contributed by atoms with Crippen LogP contribution in [0.5, 0.6) is 0 Å². The van der Waals surface area contributed by atoms with E-state index in [0.29, 0.717) is 11.3 Å². The van der Waals surface area contributed by atoms with E-state index >= 15 is 0 Å². The highest BCUT2D eigenvalue weighted by atomic mass is 32.1. The van der Waals surface area contributed by atoms with Crippen LogP contribution in [-0.2, 0) is 9.53 Å². The van der Waals surface area contributed by atoms with E-state index in [1.54, 1.807) is 24.3 Å². The molecule has 0 saturated carbocycles. The summed E-state index contributed by atoms with van der Waals surface area (Å²) >= 11 is 4.46. The van der Waals surface area contributed by atoms with Crippen molar-refractivity contribution < 1.29 is 9.53 Å². The fourth-order valence-corrected chi connectivity index (χ4v) is 0.952. The van der Waals surface area contributed by atoms with Crippen molar-refractivity contribution in [2.24, 2.45) is 4.99 Å². The molecule has 0 heterocycles. The van der Waals surface area contributed by atoms with Gasteiger partial charge in [0.25, 0.3) is 0 Å². The Labute approximate surface area is 92.8 Å². The van der Waals surface area contributed by atoms with Crippen LogP contribution < -0.4 is 0 Å². The topological polar surface area (TPSA) is 38.7 Å². The van der Waals surface area contributed by atoms with Crippen LogP contribution in [0.25, 0.3) is 0 Å². The van der Waals surface area contributed by atoms with Crippen LogP contribution >= 0.6 is 12.2 Å². The fourth-order valence-electron chi connectivity index (χ4n) is 0.846. The van der Waals surface area contributed by atoms with Crippen molar-refractivity contribution in [3.63, 3.8) is 0 Å². The lowest BCUT2D eigenvalue weighted by Crippen LogP contribution is -1.94. The Morgan fingerprint density at radius 1 is 1.40 bits per heavy atom. The smallest absolute Gasteiger partial charge is 0.384 e. The number of aliphatic imine (C=N–C) groups is 1. The number of carbonyl (C=O) groups is 1. The van der Waals surface area contributed by atoms with Gasteiger partial charge in [0.05, 0.1) is 18.0 Å². The largest absolute Gasteiger partial charge is 0.459 e. The molecule has 0 fully saturated rings.